The highest BCUT2D eigenvalue weighted by Gasteiger charge is 2.11. The van der Waals surface area contributed by atoms with E-state index in [1.54, 1.807) is 18.2 Å². The van der Waals surface area contributed by atoms with E-state index >= 15 is 0 Å². The van der Waals surface area contributed by atoms with Gasteiger partial charge in [0.05, 0.1) is 24.2 Å². The van der Waals surface area contributed by atoms with Crippen LogP contribution in [0.4, 0.5) is 4.39 Å². The predicted molar refractivity (Wildman–Crippen MR) is 92.2 cm³/mol. The van der Waals surface area contributed by atoms with E-state index in [0.717, 1.165) is 6.07 Å². The zero-order valence-electron chi connectivity index (χ0n) is 13.8. The van der Waals surface area contributed by atoms with Gasteiger partial charge in [-0.3, -0.25) is 9.59 Å². The maximum Gasteiger partial charge on any atom is 0.251 e. The molecule has 0 unspecified atom stereocenters. The molecule has 0 spiro atoms. The highest BCUT2D eigenvalue weighted by molar-refractivity contribution is 6.31. The number of ether oxygens (including phenoxy) is 2. The van der Waals surface area contributed by atoms with Crippen LogP contribution in [0.3, 0.4) is 0 Å². The van der Waals surface area contributed by atoms with E-state index in [1.165, 1.54) is 26.2 Å². The van der Waals surface area contributed by atoms with Crippen molar-refractivity contribution in [3.63, 3.8) is 0 Å². The second-order valence-corrected chi connectivity index (χ2v) is 5.56. The minimum Gasteiger partial charge on any atom is -0.497 e. The molecule has 0 saturated carbocycles. The lowest BCUT2D eigenvalue weighted by molar-refractivity contribution is 0.0943. The predicted octanol–water partition coefficient (Wildman–Crippen LogP) is 3.50. The van der Waals surface area contributed by atoms with E-state index in [2.05, 4.69) is 5.32 Å². The van der Waals surface area contributed by atoms with Crippen molar-refractivity contribution in [3.8, 4) is 11.5 Å². The van der Waals surface area contributed by atoms with Crippen molar-refractivity contribution in [2.75, 3.05) is 20.3 Å². The number of benzene rings is 2. The van der Waals surface area contributed by atoms with Gasteiger partial charge in [0.2, 0.25) is 0 Å². The molecule has 5 nitrogen and oxygen atoms in total. The van der Waals surface area contributed by atoms with Gasteiger partial charge in [0.15, 0.2) is 5.78 Å². The van der Waals surface area contributed by atoms with E-state index in [1.807, 2.05) is 0 Å². The van der Waals surface area contributed by atoms with Gasteiger partial charge in [-0.25, -0.2) is 4.39 Å². The van der Waals surface area contributed by atoms with Crippen LogP contribution in [0.15, 0.2) is 36.4 Å². The first-order chi connectivity index (χ1) is 11.9. The smallest absolute Gasteiger partial charge is 0.251 e. The number of hydrogen-bond acceptors (Lipinski definition) is 4. The molecule has 1 N–H and O–H groups in total. The summed E-state index contributed by atoms with van der Waals surface area (Å²) >= 11 is 5.65. The normalized spacial score (nSPS) is 10.2. The van der Waals surface area contributed by atoms with Gasteiger partial charge >= 0.3 is 0 Å². The average molecular weight is 366 g/mol. The lowest BCUT2D eigenvalue weighted by Gasteiger charge is -2.12. The fraction of sp³-hybridized carbons (Fsp3) is 0.222. The summed E-state index contributed by atoms with van der Waals surface area (Å²) in [6.45, 7) is 1.78. The SMILES string of the molecule is COc1ccc(C(C)=O)c(OCCNC(=O)c2ccc(F)c(Cl)c2)c1. The number of carbonyl (C=O) groups excluding carboxylic acids is 2. The Morgan fingerprint density at radius 1 is 1.20 bits per heavy atom. The van der Waals surface area contributed by atoms with Crippen LogP contribution >= 0.6 is 11.6 Å². The van der Waals surface area contributed by atoms with Crippen molar-refractivity contribution in [1.82, 2.24) is 5.32 Å². The molecular weight excluding hydrogens is 349 g/mol. The van der Waals surface area contributed by atoms with Crippen molar-refractivity contribution in [1.29, 1.82) is 0 Å². The van der Waals surface area contributed by atoms with E-state index in [9.17, 15) is 14.0 Å². The Morgan fingerprint density at radius 3 is 2.60 bits per heavy atom. The zero-order chi connectivity index (χ0) is 18.4. The molecule has 2 rings (SSSR count). The minimum absolute atomic E-state index is 0.119. The van der Waals surface area contributed by atoms with Crippen molar-refractivity contribution in [2.45, 2.75) is 6.92 Å². The van der Waals surface area contributed by atoms with Gasteiger partial charge in [-0.05, 0) is 37.3 Å². The number of carbonyl (C=O) groups is 2. The molecule has 1 amide bonds. The summed E-state index contributed by atoms with van der Waals surface area (Å²) in [7, 11) is 1.51. The number of amides is 1. The van der Waals surface area contributed by atoms with Crippen molar-refractivity contribution in [2.24, 2.45) is 0 Å². The molecule has 0 saturated heterocycles. The first-order valence-corrected chi connectivity index (χ1v) is 7.85. The summed E-state index contributed by atoms with van der Waals surface area (Å²) < 4.78 is 23.8. The van der Waals surface area contributed by atoms with Crippen LogP contribution in [-0.4, -0.2) is 32.0 Å². The second kappa shape index (κ2) is 8.48. The standard InChI is InChI=1S/C18H17ClFNO4/c1-11(22)14-5-4-13(24-2)10-17(14)25-8-7-21-18(23)12-3-6-16(20)15(19)9-12/h3-6,9-10H,7-8H2,1-2H3,(H,21,23). The second-order valence-electron chi connectivity index (χ2n) is 5.15. The van der Waals surface area contributed by atoms with Crippen LogP contribution in [0.25, 0.3) is 0 Å². The highest BCUT2D eigenvalue weighted by Crippen LogP contribution is 2.25. The van der Waals surface area contributed by atoms with Crippen LogP contribution in [0.5, 0.6) is 11.5 Å². The third kappa shape index (κ3) is 4.93. The lowest BCUT2D eigenvalue weighted by atomic mass is 10.1. The molecule has 0 aliphatic carbocycles. The van der Waals surface area contributed by atoms with Crippen molar-refractivity contribution in [3.05, 3.63) is 58.4 Å². The summed E-state index contributed by atoms with van der Waals surface area (Å²) in [5, 5.41) is 2.51. The van der Waals surface area contributed by atoms with Gasteiger partial charge in [-0.2, -0.15) is 0 Å². The van der Waals surface area contributed by atoms with Gasteiger partial charge in [0.25, 0.3) is 5.91 Å². The first kappa shape index (κ1) is 18.7. The van der Waals surface area contributed by atoms with Crippen molar-refractivity contribution < 1.29 is 23.5 Å². The third-order valence-electron chi connectivity index (χ3n) is 3.40. The van der Waals surface area contributed by atoms with E-state index in [0.29, 0.717) is 17.1 Å². The van der Waals surface area contributed by atoms with Gasteiger partial charge in [-0.15, -0.1) is 0 Å². The molecular formula is C18H17ClFNO4. The average Bonchev–Trinajstić information content (AvgIpc) is 2.60. The molecule has 0 bridgehead atoms. The molecule has 2 aromatic carbocycles. The number of ketones is 1. The molecule has 25 heavy (non-hydrogen) atoms. The number of nitrogens with one attached hydrogen (secondary N) is 1. The Hall–Kier alpha value is -2.60. The Kier molecular flexibility index (Phi) is 6.36. The molecule has 0 heterocycles. The quantitative estimate of drug-likeness (QED) is 0.602. The lowest BCUT2D eigenvalue weighted by Crippen LogP contribution is -2.28. The van der Waals surface area contributed by atoms with Crippen LogP contribution in [-0.2, 0) is 0 Å². The summed E-state index contributed by atoms with van der Waals surface area (Å²) in [5.41, 5.74) is 0.676. The first-order valence-electron chi connectivity index (χ1n) is 7.47. The van der Waals surface area contributed by atoms with Crippen LogP contribution < -0.4 is 14.8 Å². The molecule has 0 aliphatic rings. The van der Waals surface area contributed by atoms with Crippen LogP contribution in [0.1, 0.15) is 27.6 Å². The maximum absolute atomic E-state index is 13.1. The Bertz CT molecular complexity index is 795. The summed E-state index contributed by atoms with van der Waals surface area (Å²) in [5.74, 6) is -0.183. The fourth-order valence-electron chi connectivity index (χ4n) is 2.10. The van der Waals surface area contributed by atoms with Crippen molar-refractivity contribution >= 4 is 23.3 Å². The molecule has 0 fully saturated rings. The van der Waals surface area contributed by atoms with E-state index in [4.69, 9.17) is 21.1 Å². The topological polar surface area (TPSA) is 64.6 Å². The number of methoxy groups -OCH3 is 1. The molecule has 132 valence electrons. The summed E-state index contributed by atoms with van der Waals surface area (Å²) in [6.07, 6.45) is 0. The summed E-state index contributed by atoms with van der Waals surface area (Å²) in [6, 6.07) is 8.62. The maximum atomic E-state index is 13.1. The molecule has 0 radical (unpaired) electrons. The number of halogens is 2. The molecule has 0 atom stereocenters. The largest absolute Gasteiger partial charge is 0.497 e. The van der Waals surface area contributed by atoms with Gasteiger partial charge in [0.1, 0.15) is 23.9 Å². The van der Waals surface area contributed by atoms with E-state index < -0.39 is 11.7 Å². The molecule has 7 heteroatoms. The number of rotatable bonds is 7. The van der Waals surface area contributed by atoms with E-state index in [-0.39, 0.29) is 29.5 Å². The fourth-order valence-corrected chi connectivity index (χ4v) is 2.29. The third-order valence-corrected chi connectivity index (χ3v) is 3.68. The van der Waals surface area contributed by atoms with Crippen LogP contribution in [0.2, 0.25) is 5.02 Å². The summed E-state index contributed by atoms with van der Waals surface area (Å²) in [4.78, 5) is 23.6. The monoisotopic (exact) mass is 365 g/mol. The number of hydrogen-bond donors (Lipinski definition) is 1. The zero-order valence-corrected chi connectivity index (χ0v) is 14.5. The van der Waals surface area contributed by atoms with Gasteiger partial charge in [0, 0.05) is 11.6 Å². The Labute approximate surface area is 149 Å². The molecule has 2 aromatic rings. The molecule has 0 aromatic heterocycles. The van der Waals surface area contributed by atoms with Gasteiger partial charge < -0.3 is 14.8 Å². The minimum atomic E-state index is -0.587. The van der Waals surface area contributed by atoms with Crippen LogP contribution in [0, 0.1) is 5.82 Å². The Balaban J connectivity index is 1.93. The molecule has 0 aliphatic heterocycles. The van der Waals surface area contributed by atoms with Gasteiger partial charge in [-0.1, -0.05) is 11.6 Å². The number of Topliss-reactive ketones (excluding diaryl/α,β-unsaturated/α-hetero) is 1. The highest BCUT2D eigenvalue weighted by atomic mass is 35.5. The Morgan fingerprint density at radius 2 is 1.96 bits per heavy atom.